The van der Waals surface area contributed by atoms with Crippen LogP contribution in [0.1, 0.15) is 19.8 Å². The molecule has 10 heavy (non-hydrogen) atoms. The molecule has 1 atom stereocenters. The first-order valence-corrected chi connectivity index (χ1v) is 3.83. The van der Waals surface area contributed by atoms with E-state index in [-0.39, 0.29) is 6.29 Å². The molecule has 0 aromatic heterocycles. The van der Waals surface area contributed by atoms with Crippen molar-refractivity contribution in [1.82, 2.24) is 0 Å². The van der Waals surface area contributed by atoms with Crippen molar-refractivity contribution >= 4 is 0 Å². The summed E-state index contributed by atoms with van der Waals surface area (Å²) in [6.07, 6.45) is 6.17. The van der Waals surface area contributed by atoms with Crippen LogP contribution in [0, 0.1) is 0 Å². The lowest BCUT2D eigenvalue weighted by atomic mass is 10.4. The van der Waals surface area contributed by atoms with E-state index in [0.717, 1.165) is 13.0 Å². The Kier molecular flexibility index (Phi) is 3.47. The van der Waals surface area contributed by atoms with Gasteiger partial charge in [0.05, 0.1) is 13.2 Å². The Morgan fingerprint density at radius 2 is 2.60 bits per heavy atom. The van der Waals surface area contributed by atoms with Crippen molar-refractivity contribution in [3.05, 3.63) is 12.2 Å². The molecule has 0 spiro atoms. The maximum atomic E-state index is 5.33. The highest BCUT2D eigenvalue weighted by atomic mass is 16.7. The van der Waals surface area contributed by atoms with Crippen molar-refractivity contribution in [3.63, 3.8) is 0 Å². The van der Waals surface area contributed by atoms with Crippen LogP contribution < -0.4 is 0 Å². The molecule has 1 heterocycles. The third kappa shape index (κ3) is 2.50. The highest BCUT2D eigenvalue weighted by molar-refractivity contribution is 4.90. The largest absolute Gasteiger partial charge is 0.349 e. The second-order valence-corrected chi connectivity index (χ2v) is 2.35. The van der Waals surface area contributed by atoms with E-state index in [2.05, 4.69) is 6.92 Å². The summed E-state index contributed by atoms with van der Waals surface area (Å²) < 4.78 is 10.5. The molecule has 1 aliphatic rings. The summed E-state index contributed by atoms with van der Waals surface area (Å²) in [5, 5.41) is 0. The first-order chi connectivity index (χ1) is 4.93. The van der Waals surface area contributed by atoms with Crippen molar-refractivity contribution in [2.24, 2.45) is 0 Å². The molecule has 1 unspecified atom stereocenters. The molecular formula is C8H14O2. The zero-order valence-electron chi connectivity index (χ0n) is 6.38. The molecule has 0 aliphatic carbocycles. The zero-order valence-corrected chi connectivity index (χ0v) is 6.38. The lowest BCUT2D eigenvalue weighted by molar-refractivity contribution is -0.0921. The third-order valence-electron chi connectivity index (χ3n) is 1.43. The highest BCUT2D eigenvalue weighted by Crippen LogP contribution is 2.05. The topological polar surface area (TPSA) is 18.5 Å². The van der Waals surface area contributed by atoms with Gasteiger partial charge in [-0.05, 0) is 12.5 Å². The Hall–Kier alpha value is -0.340. The van der Waals surface area contributed by atoms with Gasteiger partial charge in [0, 0.05) is 0 Å². The maximum Gasteiger partial charge on any atom is 0.177 e. The van der Waals surface area contributed by atoms with Crippen LogP contribution in [-0.2, 0) is 9.47 Å². The summed E-state index contributed by atoms with van der Waals surface area (Å²) in [5.74, 6) is 0. The Balaban J connectivity index is 1.97. The van der Waals surface area contributed by atoms with Gasteiger partial charge in [-0.15, -0.1) is 0 Å². The van der Waals surface area contributed by atoms with Crippen LogP contribution in [-0.4, -0.2) is 19.5 Å². The minimum absolute atomic E-state index is 0.0634. The minimum Gasteiger partial charge on any atom is -0.349 e. The fourth-order valence-electron chi connectivity index (χ4n) is 0.820. The minimum atomic E-state index is -0.0634. The predicted molar refractivity (Wildman–Crippen MR) is 39.7 cm³/mol. The molecule has 1 aliphatic heterocycles. The van der Waals surface area contributed by atoms with Gasteiger partial charge in [0.15, 0.2) is 6.29 Å². The second kappa shape index (κ2) is 4.47. The SMILES string of the molecule is CCCCOC1C=CCO1. The van der Waals surface area contributed by atoms with Gasteiger partial charge in [-0.3, -0.25) is 0 Å². The molecule has 0 saturated carbocycles. The van der Waals surface area contributed by atoms with Crippen LogP contribution in [0.5, 0.6) is 0 Å². The summed E-state index contributed by atoms with van der Waals surface area (Å²) in [6, 6.07) is 0. The van der Waals surface area contributed by atoms with E-state index in [1.165, 1.54) is 6.42 Å². The molecule has 0 bridgehead atoms. The van der Waals surface area contributed by atoms with E-state index in [1.807, 2.05) is 12.2 Å². The Labute approximate surface area is 61.8 Å². The molecular weight excluding hydrogens is 128 g/mol. The number of rotatable bonds is 4. The normalized spacial score (nSPS) is 23.9. The van der Waals surface area contributed by atoms with Crippen molar-refractivity contribution in [3.8, 4) is 0 Å². The van der Waals surface area contributed by atoms with E-state index < -0.39 is 0 Å². The molecule has 2 nitrogen and oxygen atoms in total. The highest BCUT2D eigenvalue weighted by Gasteiger charge is 2.07. The van der Waals surface area contributed by atoms with Crippen molar-refractivity contribution in [1.29, 1.82) is 0 Å². The third-order valence-corrected chi connectivity index (χ3v) is 1.43. The molecule has 0 N–H and O–H groups in total. The molecule has 0 amide bonds. The van der Waals surface area contributed by atoms with Gasteiger partial charge in [-0.2, -0.15) is 0 Å². The smallest absolute Gasteiger partial charge is 0.177 e. The molecule has 0 radical (unpaired) electrons. The van der Waals surface area contributed by atoms with Crippen molar-refractivity contribution in [2.45, 2.75) is 26.1 Å². The first kappa shape index (κ1) is 7.76. The molecule has 0 fully saturated rings. The van der Waals surface area contributed by atoms with Crippen LogP contribution in [0.3, 0.4) is 0 Å². The van der Waals surface area contributed by atoms with Crippen molar-refractivity contribution in [2.75, 3.05) is 13.2 Å². The maximum absolute atomic E-state index is 5.33. The standard InChI is InChI=1S/C8H14O2/c1-2-3-6-9-8-5-4-7-10-8/h4-5,8H,2-3,6-7H2,1H3. The first-order valence-electron chi connectivity index (χ1n) is 3.83. The van der Waals surface area contributed by atoms with Crippen molar-refractivity contribution < 1.29 is 9.47 Å². The van der Waals surface area contributed by atoms with E-state index in [1.54, 1.807) is 0 Å². The lowest BCUT2D eigenvalue weighted by Gasteiger charge is -2.08. The van der Waals surface area contributed by atoms with Gasteiger partial charge >= 0.3 is 0 Å². The van der Waals surface area contributed by atoms with Gasteiger partial charge in [0.25, 0.3) is 0 Å². The van der Waals surface area contributed by atoms with E-state index >= 15 is 0 Å². The Morgan fingerprint density at radius 1 is 1.70 bits per heavy atom. The molecule has 0 aromatic rings. The van der Waals surface area contributed by atoms with Gasteiger partial charge in [-0.25, -0.2) is 0 Å². The van der Waals surface area contributed by atoms with Gasteiger partial charge in [0.1, 0.15) is 0 Å². The van der Waals surface area contributed by atoms with Crippen LogP contribution in [0.15, 0.2) is 12.2 Å². The molecule has 1 rings (SSSR count). The summed E-state index contributed by atoms with van der Waals surface area (Å²) >= 11 is 0. The van der Waals surface area contributed by atoms with Crippen LogP contribution in [0.25, 0.3) is 0 Å². The Bertz CT molecular complexity index is 110. The van der Waals surface area contributed by atoms with Crippen LogP contribution in [0.4, 0.5) is 0 Å². The lowest BCUT2D eigenvalue weighted by Crippen LogP contribution is -2.10. The summed E-state index contributed by atoms with van der Waals surface area (Å²) in [7, 11) is 0. The van der Waals surface area contributed by atoms with E-state index in [4.69, 9.17) is 9.47 Å². The van der Waals surface area contributed by atoms with Gasteiger partial charge in [0.2, 0.25) is 0 Å². The predicted octanol–water partition coefficient (Wildman–Crippen LogP) is 1.72. The summed E-state index contributed by atoms with van der Waals surface area (Å²) in [4.78, 5) is 0. The van der Waals surface area contributed by atoms with Gasteiger partial charge < -0.3 is 9.47 Å². The number of unbranched alkanes of at least 4 members (excludes halogenated alkanes) is 1. The molecule has 2 heteroatoms. The van der Waals surface area contributed by atoms with E-state index in [0.29, 0.717) is 6.61 Å². The molecule has 0 saturated heterocycles. The fourth-order valence-corrected chi connectivity index (χ4v) is 0.820. The Morgan fingerprint density at radius 3 is 3.20 bits per heavy atom. The average Bonchev–Trinajstić information content (AvgIpc) is 2.41. The summed E-state index contributed by atoms with van der Waals surface area (Å²) in [5.41, 5.74) is 0. The average molecular weight is 142 g/mol. The molecule has 0 aromatic carbocycles. The number of hydrogen-bond donors (Lipinski definition) is 0. The van der Waals surface area contributed by atoms with Crippen LogP contribution in [0.2, 0.25) is 0 Å². The van der Waals surface area contributed by atoms with Gasteiger partial charge in [-0.1, -0.05) is 19.4 Å². The van der Waals surface area contributed by atoms with Crippen LogP contribution >= 0.6 is 0 Å². The summed E-state index contributed by atoms with van der Waals surface area (Å²) in [6.45, 7) is 3.66. The zero-order chi connectivity index (χ0) is 7.23. The quantitative estimate of drug-likeness (QED) is 0.439. The fraction of sp³-hybridized carbons (Fsp3) is 0.750. The monoisotopic (exact) mass is 142 g/mol. The number of hydrogen-bond acceptors (Lipinski definition) is 2. The number of ether oxygens (including phenoxy) is 2. The molecule has 58 valence electrons. The van der Waals surface area contributed by atoms with E-state index in [9.17, 15) is 0 Å². The second-order valence-electron chi connectivity index (χ2n) is 2.35.